The van der Waals surface area contributed by atoms with E-state index in [0.717, 1.165) is 25.3 Å². The molecule has 1 N–H and O–H groups in total. The average molecular weight is 249 g/mol. The number of aryl methyl sites for hydroxylation is 1. The van der Waals surface area contributed by atoms with Gasteiger partial charge in [-0.15, -0.1) is 0 Å². The van der Waals surface area contributed by atoms with E-state index < -0.39 is 0 Å². The molecule has 1 aromatic carbocycles. The highest BCUT2D eigenvalue weighted by Crippen LogP contribution is 2.24. The van der Waals surface area contributed by atoms with Gasteiger partial charge in [-0.2, -0.15) is 0 Å². The monoisotopic (exact) mass is 249 g/mol. The SMILES string of the molecule is CNCc1cccc(C)c1OCC1CCCCO1. The van der Waals surface area contributed by atoms with Crippen molar-refractivity contribution < 1.29 is 9.47 Å². The van der Waals surface area contributed by atoms with Crippen molar-refractivity contribution in [1.29, 1.82) is 0 Å². The van der Waals surface area contributed by atoms with Crippen LogP contribution < -0.4 is 10.1 Å². The van der Waals surface area contributed by atoms with Crippen LogP contribution in [0, 0.1) is 6.92 Å². The summed E-state index contributed by atoms with van der Waals surface area (Å²) >= 11 is 0. The van der Waals surface area contributed by atoms with E-state index in [1.165, 1.54) is 24.0 Å². The molecule has 1 fully saturated rings. The molecule has 1 aromatic rings. The van der Waals surface area contributed by atoms with Gasteiger partial charge in [0, 0.05) is 18.7 Å². The molecule has 1 aliphatic heterocycles. The summed E-state index contributed by atoms with van der Waals surface area (Å²) in [6.45, 7) is 4.48. The van der Waals surface area contributed by atoms with E-state index in [2.05, 4.69) is 30.4 Å². The van der Waals surface area contributed by atoms with E-state index in [1.807, 2.05) is 7.05 Å². The molecule has 3 heteroatoms. The molecule has 0 aliphatic carbocycles. The van der Waals surface area contributed by atoms with E-state index in [9.17, 15) is 0 Å². The van der Waals surface area contributed by atoms with E-state index in [4.69, 9.17) is 9.47 Å². The minimum absolute atomic E-state index is 0.265. The van der Waals surface area contributed by atoms with Gasteiger partial charge in [0.05, 0.1) is 6.10 Å². The van der Waals surface area contributed by atoms with Gasteiger partial charge in [-0.05, 0) is 38.8 Å². The molecule has 0 bridgehead atoms. The summed E-state index contributed by atoms with van der Waals surface area (Å²) in [5, 5.41) is 3.18. The molecule has 3 nitrogen and oxygen atoms in total. The van der Waals surface area contributed by atoms with Crippen molar-refractivity contribution in [3.63, 3.8) is 0 Å². The zero-order valence-corrected chi connectivity index (χ0v) is 11.4. The van der Waals surface area contributed by atoms with Crippen molar-refractivity contribution in [2.24, 2.45) is 0 Å². The Morgan fingerprint density at radius 2 is 2.28 bits per heavy atom. The largest absolute Gasteiger partial charge is 0.490 e. The van der Waals surface area contributed by atoms with Crippen LogP contribution in [0.15, 0.2) is 18.2 Å². The van der Waals surface area contributed by atoms with E-state index in [0.29, 0.717) is 6.61 Å². The Labute approximate surface area is 109 Å². The summed E-state index contributed by atoms with van der Waals surface area (Å²) < 4.78 is 11.7. The van der Waals surface area contributed by atoms with Crippen molar-refractivity contribution in [2.45, 2.75) is 38.8 Å². The Morgan fingerprint density at radius 1 is 1.39 bits per heavy atom. The molecule has 2 rings (SSSR count). The molecule has 0 radical (unpaired) electrons. The predicted molar refractivity (Wildman–Crippen MR) is 73.0 cm³/mol. The van der Waals surface area contributed by atoms with E-state index in [1.54, 1.807) is 0 Å². The van der Waals surface area contributed by atoms with E-state index >= 15 is 0 Å². The molecule has 1 unspecified atom stereocenters. The number of hydrogen-bond donors (Lipinski definition) is 1. The van der Waals surface area contributed by atoms with Crippen molar-refractivity contribution in [1.82, 2.24) is 5.32 Å². The molecule has 0 saturated carbocycles. The van der Waals surface area contributed by atoms with Crippen LogP contribution >= 0.6 is 0 Å². The fourth-order valence-electron chi connectivity index (χ4n) is 2.36. The maximum Gasteiger partial charge on any atom is 0.126 e. The third kappa shape index (κ3) is 3.47. The lowest BCUT2D eigenvalue weighted by Gasteiger charge is -2.24. The lowest BCUT2D eigenvalue weighted by molar-refractivity contribution is -0.0113. The summed E-state index contributed by atoms with van der Waals surface area (Å²) in [5.41, 5.74) is 2.41. The van der Waals surface area contributed by atoms with Gasteiger partial charge in [-0.3, -0.25) is 0 Å². The van der Waals surface area contributed by atoms with Crippen molar-refractivity contribution in [3.05, 3.63) is 29.3 Å². The Bertz CT molecular complexity index is 373. The highest BCUT2D eigenvalue weighted by molar-refractivity contribution is 5.40. The molecule has 0 spiro atoms. The topological polar surface area (TPSA) is 30.5 Å². The molecular formula is C15H23NO2. The normalized spacial score (nSPS) is 19.8. The number of ether oxygens (including phenoxy) is 2. The first-order valence-corrected chi connectivity index (χ1v) is 6.78. The van der Waals surface area contributed by atoms with Gasteiger partial charge < -0.3 is 14.8 Å². The summed E-state index contributed by atoms with van der Waals surface area (Å²) in [6, 6.07) is 6.28. The van der Waals surface area contributed by atoms with Crippen LogP contribution in [0.2, 0.25) is 0 Å². The first-order chi connectivity index (χ1) is 8.81. The van der Waals surface area contributed by atoms with Gasteiger partial charge in [0.15, 0.2) is 0 Å². The van der Waals surface area contributed by atoms with Gasteiger partial charge in [0.25, 0.3) is 0 Å². The van der Waals surface area contributed by atoms with Crippen LogP contribution in [-0.4, -0.2) is 26.4 Å². The summed E-state index contributed by atoms with van der Waals surface area (Å²) in [7, 11) is 1.95. The molecule has 1 aliphatic rings. The second kappa shape index (κ2) is 6.76. The fourth-order valence-corrected chi connectivity index (χ4v) is 2.36. The minimum Gasteiger partial charge on any atom is -0.490 e. The van der Waals surface area contributed by atoms with E-state index in [-0.39, 0.29) is 6.10 Å². The molecule has 18 heavy (non-hydrogen) atoms. The van der Waals surface area contributed by atoms with Crippen molar-refractivity contribution >= 4 is 0 Å². The second-order valence-corrected chi connectivity index (χ2v) is 4.89. The van der Waals surface area contributed by atoms with Crippen LogP contribution in [0.5, 0.6) is 5.75 Å². The molecule has 100 valence electrons. The molecule has 1 heterocycles. The molecule has 0 aromatic heterocycles. The highest BCUT2D eigenvalue weighted by Gasteiger charge is 2.15. The summed E-state index contributed by atoms with van der Waals surface area (Å²) in [6.07, 6.45) is 3.82. The maximum absolute atomic E-state index is 5.99. The number of nitrogens with one attached hydrogen (secondary N) is 1. The van der Waals surface area contributed by atoms with Gasteiger partial charge in [0.1, 0.15) is 12.4 Å². The summed E-state index contributed by atoms with van der Waals surface area (Å²) in [4.78, 5) is 0. The number of benzene rings is 1. The fraction of sp³-hybridized carbons (Fsp3) is 0.600. The Kier molecular flexibility index (Phi) is 5.02. The quantitative estimate of drug-likeness (QED) is 0.870. The van der Waals surface area contributed by atoms with Crippen LogP contribution in [0.1, 0.15) is 30.4 Å². The third-order valence-corrected chi connectivity index (χ3v) is 3.35. The van der Waals surface area contributed by atoms with Crippen LogP contribution in [0.25, 0.3) is 0 Å². The lowest BCUT2D eigenvalue weighted by Crippen LogP contribution is -2.26. The van der Waals surface area contributed by atoms with Crippen molar-refractivity contribution in [3.8, 4) is 5.75 Å². The average Bonchev–Trinajstić information content (AvgIpc) is 2.40. The summed E-state index contributed by atoms with van der Waals surface area (Å²) in [5.74, 6) is 1.01. The first-order valence-electron chi connectivity index (χ1n) is 6.78. The smallest absolute Gasteiger partial charge is 0.126 e. The maximum atomic E-state index is 5.99. The van der Waals surface area contributed by atoms with Crippen LogP contribution in [0.4, 0.5) is 0 Å². The molecule has 1 saturated heterocycles. The van der Waals surface area contributed by atoms with Crippen LogP contribution in [0.3, 0.4) is 0 Å². The molecular weight excluding hydrogens is 226 g/mol. The number of hydrogen-bond acceptors (Lipinski definition) is 3. The van der Waals surface area contributed by atoms with Gasteiger partial charge in [-0.1, -0.05) is 18.2 Å². The van der Waals surface area contributed by atoms with Gasteiger partial charge in [-0.25, -0.2) is 0 Å². The molecule has 0 amide bonds. The molecule has 1 atom stereocenters. The zero-order valence-electron chi connectivity index (χ0n) is 11.4. The zero-order chi connectivity index (χ0) is 12.8. The van der Waals surface area contributed by atoms with Crippen molar-refractivity contribution in [2.75, 3.05) is 20.3 Å². The Balaban J connectivity index is 1.98. The standard InChI is InChI=1S/C15H23NO2/c1-12-6-5-7-13(10-16-2)15(12)18-11-14-8-3-4-9-17-14/h5-7,14,16H,3-4,8-11H2,1-2H3. The Hall–Kier alpha value is -1.06. The lowest BCUT2D eigenvalue weighted by atomic mass is 10.1. The number of para-hydroxylation sites is 1. The first kappa shape index (κ1) is 13.4. The third-order valence-electron chi connectivity index (χ3n) is 3.35. The van der Waals surface area contributed by atoms with Gasteiger partial charge in [0.2, 0.25) is 0 Å². The predicted octanol–water partition coefficient (Wildman–Crippen LogP) is 2.66. The van der Waals surface area contributed by atoms with Crippen LogP contribution in [-0.2, 0) is 11.3 Å². The number of rotatable bonds is 5. The van der Waals surface area contributed by atoms with Gasteiger partial charge >= 0.3 is 0 Å². The second-order valence-electron chi connectivity index (χ2n) is 4.89. The highest BCUT2D eigenvalue weighted by atomic mass is 16.5. The minimum atomic E-state index is 0.265. The Morgan fingerprint density at radius 3 is 3.00 bits per heavy atom.